The van der Waals surface area contributed by atoms with E-state index in [0.29, 0.717) is 35.6 Å². The summed E-state index contributed by atoms with van der Waals surface area (Å²) in [5.74, 6) is 1.23. The molecule has 1 fully saturated rings. The first kappa shape index (κ1) is 24.6. The van der Waals surface area contributed by atoms with Gasteiger partial charge in [0.25, 0.3) is 0 Å². The number of nitrogens with one attached hydrogen (secondary N) is 1. The van der Waals surface area contributed by atoms with Crippen LogP contribution < -0.4 is 10.5 Å². The quantitative estimate of drug-likeness (QED) is 0.562. The molecule has 32 heavy (non-hydrogen) atoms. The first-order valence-electron chi connectivity index (χ1n) is 10.7. The molecule has 1 unspecified atom stereocenters. The monoisotopic (exact) mass is 479 g/mol. The normalized spacial score (nSPS) is 23.2. The SMILES string of the molecule is C=C1N=C(Nc2ccc(S(N)(=O)=O)cc2)N(C)C(S)C/C=C\1OC1CCN(C(C)C)CC1. The Labute approximate surface area is 196 Å². The van der Waals surface area contributed by atoms with Crippen molar-refractivity contribution in [1.29, 1.82) is 0 Å². The number of aliphatic imine (C=N–C) groups is 1. The maximum atomic E-state index is 11.5. The van der Waals surface area contributed by atoms with Crippen molar-refractivity contribution in [3.05, 3.63) is 48.4 Å². The highest BCUT2D eigenvalue weighted by atomic mass is 32.2. The van der Waals surface area contributed by atoms with Crippen molar-refractivity contribution in [1.82, 2.24) is 9.80 Å². The molecule has 2 aliphatic heterocycles. The van der Waals surface area contributed by atoms with E-state index in [2.05, 4.69) is 35.6 Å². The van der Waals surface area contributed by atoms with E-state index < -0.39 is 10.0 Å². The van der Waals surface area contributed by atoms with Crippen LogP contribution in [0.5, 0.6) is 0 Å². The van der Waals surface area contributed by atoms with Gasteiger partial charge in [-0.3, -0.25) is 0 Å². The predicted octanol–water partition coefficient (Wildman–Crippen LogP) is 2.98. The molecule has 0 radical (unpaired) electrons. The molecule has 0 aromatic heterocycles. The van der Waals surface area contributed by atoms with Gasteiger partial charge in [0.1, 0.15) is 17.6 Å². The van der Waals surface area contributed by atoms with E-state index in [9.17, 15) is 8.42 Å². The van der Waals surface area contributed by atoms with Crippen molar-refractivity contribution in [2.75, 3.05) is 25.5 Å². The van der Waals surface area contributed by atoms with E-state index in [4.69, 9.17) is 22.5 Å². The maximum absolute atomic E-state index is 11.5. The molecule has 1 aromatic carbocycles. The van der Waals surface area contributed by atoms with Crippen LogP contribution in [-0.2, 0) is 14.8 Å². The second kappa shape index (κ2) is 10.3. The summed E-state index contributed by atoms with van der Waals surface area (Å²) in [6.45, 7) is 10.6. The molecule has 0 amide bonds. The molecule has 0 spiro atoms. The van der Waals surface area contributed by atoms with Gasteiger partial charge in [0.2, 0.25) is 16.0 Å². The minimum absolute atomic E-state index is 0.0506. The van der Waals surface area contributed by atoms with Crippen molar-refractivity contribution in [2.45, 2.75) is 55.5 Å². The van der Waals surface area contributed by atoms with Gasteiger partial charge in [0, 0.05) is 31.9 Å². The minimum Gasteiger partial charge on any atom is -0.488 e. The number of piperidine rings is 1. The van der Waals surface area contributed by atoms with Crippen molar-refractivity contribution in [3.63, 3.8) is 0 Å². The van der Waals surface area contributed by atoms with Crippen molar-refractivity contribution < 1.29 is 13.2 Å². The second-order valence-electron chi connectivity index (χ2n) is 8.42. The number of hydrogen-bond donors (Lipinski definition) is 3. The number of benzene rings is 1. The van der Waals surface area contributed by atoms with E-state index in [0.717, 1.165) is 25.9 Å². The van der Waals surface area contributed by atoms with E-state index >= 15 is 0 Å². The highest BCUT2D eigenvalue weighted by molar-refractivity contribution is 7.89. The topological polar surface area (TPSA) is 100 Å². The number of likely N-dealkylation sites (tertiary alicyclic amines) is 1. The van der Waals surface area contributed by atoms with Crippen LogP contribution in [0.3, 0.4) is 0 Å². The van der Waals surface area contributed by atoms with Crippen LogP contribution in [0.2, 0.25) is 0 Å². The lowest BCUT2D eigenvalue weighted by Crippen LogP contribution is -2.41. The summed E-state index contributed by atoms with van der Waals surface area (Å²) in [6, 6.07) is 6.73. The van der Waals surface area contributed by atoms with Crippen LogP contribution in [0.1, 0.15) is 33.1 Å². The molecule has 1 atom stereocenters. The molecule has 2 heterocycles. The van der Waals surface area contributed by atoms with Gasteiger partial charge in [-0.25, -0.2) is 18.5 Å². The molecule has 1 saturated heterocycles. The van der Waals surface area contributed by atoms with Gasteiger partial charge >= 0.3 is 0 Å². The van der Waals surface area contributed by atoms with Crippen molar-refractivity contribution in [3.8, 4) is 0 Å². The van der Waals surface area contributed by atoms with Crippen molar-refractivity contribution >= 4 is 34.3 Å². The number of anilines is 1. The largest absolute Gasteiger partial charge is 0.488 e. The average Bonchev–Trinajstić information content (AvgIpc) is 2.74. The van der Waals surface area contributed by atoms with Crippen LogP contribution in [0.4, 0.5) is 5.69 Å². The summed E-state index contributed by atoms with van der Waals surface area (Å²) in [4.78, 5) is 9.07. The lowest BCUT2D eigenvalue weighted by atomic mass is 10.1. The number of hydrogen-bond acceptors (Lipinski definition) is 8. The number of thiol groups is 1. The molecule has 10 heteroatoms. The molecule has 1 aromatic rings. The standard InChI is InChI=1S/C22H33N5O3S2/c1-15(2)27-13-11-18(12-14-27)30-20-9-10-21(31)26(4)22(24-16(20)3)25-17-5-7-19(8-6-17)32(23,28)29/h5-9,15,18,21,31H,3,10-14H2,1-2,4H3,(H,24,25)(H2,23,28,29)/b20-9+. The smallest absolute Gasteiger partial charge is 0.238 e. The molecule has 176 valence electrons. The van der Waals surface area contributed by atoms with Crippen LogP contribution in [-0.4, -0.2) is 61.8 Å². The zero-order chi connectivity index (χ0) is 23.5. The highest BCUT2D eigenvalue weighted by Crippen LogP contribution is 2.26. The Kier molecular flexibility index (Phi) is 7.92. The molecule has 3 rings (SSSR count). The number of nitrogens with zero attached hydrogens (tertiary/aromatic N) is 3. The predicted molar refractivity (Wildman–Crippen MR) is 132 cm³/mol. The van der Waals surface area contributed by atoms with Gasteiger partial charge in [-0.15, -0.1) is 0 Å². The number of sulfonamides is 1. The number of nitrogens with two attached hydrogens (primary N) is 1. The summed E-state index contributed by atoms with van der Waals surface area (Å²) < 4.78 is 29.3. The Morgan fingerprint density at radius 2 is 1.88 bits per heavy atom. The fourth-order valence-electron chi connectivity index (χ4n) is 3.67. The number of guanidine groups is 1. The zero-order valence-electron chi connectivity index (χ0n) is 18.9. The molecule has 2 aliphatic rings. The second-order valence-corrected chi connectivity index (χ2v) is 10.6. The third-order valence-corrected chi connectivity index (χ3v) is 7.25. The fraction of sp³-hybridized carbons (Fsp3) is 0.500. The summed E-state index contributed by atoms with van der Waals surface area (Å²) in [5, 5.41) is 8.27. The van der Waals surface area contributed by atoms with Gasteiger partial charge in [-0.2, -0.15) is 12.6 Å². The third-order valence-electron chi connectivity index (χ3n) is 5.76. The number of ether oxygens (including phenoxy) is 1. The summed E-state index contributed by atoms with van der Waals surface area (Å²) in [6.07, 6.45) is 4.74. The Hall–Kier alpha value is -2.01. The summed E-state index contributed by atoms with van der Waals surface area (Å²) in [7, 11) is -1.86. The lowest BCUT2D eigenvalue weighted by molar-refractivity contribution is 0.0430. The summed E-state index contributed by atoms with van der Waals surface area (Å²) >= 11 is 4.70. The van der Waals surface area contributed by atoms with Gasteiger partial charge in [-0.05, 0) is 63.5 Å². The Bertz CT molecular complexity index is 981. The average molecular weight is 480 g/mol. The van der Waals surface area contributed by atoms with E-state index in [-0.39, 0.29) is 16.4 Å². The van der Waals surface area contributed by atoms with Crippen LogP contribution in [0, 0.1) is 0 Å². The minimum atomic E-state index is -3.74. The zero-order valence-corrected chi connectivity index (χ0v) is 20.6. The van der Waals surface area contributed by atoms with Crippen molar-refractivity contribution in [2.24, 2.45) is 10.1 Å². The van der Waals surface area contributed by atoms with Crippen LogP contribution >= 0.6 is 12.6 Å². The van der Waals surface area contributed by atoms with Gasteiger partial charge in [-0.1, -0.05) is 6.58 Å². The van der Waals surface area contributed by atoms with Gasteiger partial charge < -0.3 is 19.9 Å². The Morgan fingerprint density at radius 3 is 2.44 bits per heavy atom. The number of rotatable bonds is 5. The maximum Gasteiger partial charge on any atom is 0.238 e. The van der Waals surface area contributed by atoms with Crippen LogP contribution in [0.25, 0.3) is 0 Å². The van der Waals surface area contributed by atoms with Gasteiger partial charge in [0.15, 0.2) is 0 Å². The molecular weight excluding hydrogens is 446 g/mol. The highest BCUT2D eigenvalue weighted by Gasteiger charge is 2.25. The van der Waals surface area contributed by atoms with E-state index in [1.807, 2.05) is 18.0 Å². The summed E-state index contributed by atoms with van der Waals surface area (Å²) in [5.41, 5.74) is 1.21. The van der Waals surface area contributed by atoms with Gasteiger partial charge in [0.05, 0.1) is 10.3 Å². The molecule has 0 bridgehead atoms. The Morgan fingerprint density at radius 1 is 1.25 bits per heavy atom. The first-order valence-corrected chi connectivity index (χ1v) is 12.8. The lowest BCUT2D eigenvalue weighted by Gasteiger charge is -2.35. The molecule has 0 aliphatic carbocycles. The molecular formula is C22H33N5O3S2. The van der Waals surface area contributed by atoms with Crippen LogP contribution in [0.15, 0.2) is 58.3 Å². The third kappa shape index (κ3) is 6.28. The molecule has 8 nitrogen and oxygen atoms in total. The first-order chi connectivity index (χ1) is 15.0. The van der Waals surface area contributed by atoms with E-state index in [1.165, 1.54) is 12.1 Å². The molecule has 0 saturated carbocycles. The molecule has 3 N–H and O–H groups in total. The Balaban J connectivity index is 1.73. The van der Waals surface area contributed by atoms with E-state index in [1.54, 1.807) is 12.1 Å². The fourth-order valence-corrected chi connectivity index (χ4v) is 4.40. The number of primary sulfonamides is 1.